The standard InChI is InChI=1S/C17H19ClN4O/c18-17-2-1-15-16(22-17)7-13(11-21-15)14(8-19)10-20-9-12-3-5-23-6-4-12/h1-2,7-8,10-12,19-20H,3-6,9H2/b14-10+,19-8?. The molecule has 0 saturated carbocycles. The Labute approximate surface area is 140 Å². The van der Waals surface area contributed by atoms with E-state index in [9.17, 15) is 0 Å². The second kappa shape index (κ2) is 7.53. The van der Waals surface area contributed by atoms with Gasteiger partial charge in [0.05, 0.1) is 11.0 Å². The summed E-state index contributed by atoms with van der Waals surface area (Å²) in [5.41, 5.74) is 3.14. The number of aromatic nitrogens is 2. The van der Waals surface area contributed by atoms with Crippen molar-refractivity contribution in [2.24, 2.45) is 5.92 Å². The van der Waals surface area contributed by atoms with Gasteiger partial charge in [-0.2, -0.15) is 0 Å². The van der Waals surface area contributed by atoms with E-state index in [2.05, 4.69) is 15.3 Å². The molecule has 0 atom stereocenters. The van der Waals surface area contributed by atoms with Crippen molar-refractivity contribution in [3.63, 3.8) is 0 Å². The minimum Gasteiger partial charge on any atom is -0.390 e. The largest absolute Gasteiger partial charge is 0.390 e. The number of nitrogens with zero attached hydrogens (tertiary/aromatic N) is 2. The van der Waals surface area contributed by atoms with E-state index in [4.69, 9.17) is 21.7 Å². The zero-order chi connectivity index (χ0) is 16.1. The summed E-state index contributed by atoms with van der Waals surface area (Å²) in [4.78, 5) is 8.65. The molecule has 3 heterocycles. The van der Waals surface area contributed by atoms with Crippen molar-refractivity contribution in [2.75, 3.05) is 19.8 Å². The Kier molecular flexibility index (Phi) is 5.20. The van der Waals surface area contributed by atoms with Gasteiger partial charge in [0, 0.05) is 49.5 Å². The highest BCUT2D eigenvalue weighted by Gasteiger charge is 2.12. The van der Waals surface area contributed by atoms with E-state index in [1.165, 1.54) is 6.21 Å². The molecular weight excluding hydrogens is 312 g/mol. The summed E-state index contributed by atoms with van der Waals surface area (Å²) in [5, 5.41) is 11.4. The number of rotatable bonds is 5. The third-order valence-electron chi connectivity index (χ3n) is 4.00. The normalized spacial score (nSPS) is 16.5. The smallest absolute Gasteiger partial charge is 0.129 e. The molecular formula is C17H19ClN4O. The first kappa shape index (κ1) is 15.9. The van der Waals surface area contributed by atoms with E-state index in [0.717, 1.165) is 54.8 Å². The number of pyridine rings is 2. The predicted octanol–water partition coefficient (Wildman–Crippen LogP) is 3.29. The van der Waals surface area contributed by atoms with Gasteiger partial charge in [-0.3, -0.25) is 4.98 Å². The lowest BCUT2D eigenvalue weighted by atomic mass is 10.0. The van der Waals surface area contributed by atoms with E-state index < -0.39 is 0 Å². The highest BCUT2D eigenvalue weighted by molar-refractivity contribution is 6.29. The van der Waals surface area contributed by atoms with Crippen LogP contribution in [0.15, 0.2) is 30.6 Å². The van der Waals surface area contributed by atoms with Gasteiger partial charge in [0.25, 0.3) is 0 Å². The van der Waals surface area contributed by atoms with Crippen LogP contribution in [0.1, 0.15) is 18.4 Å². The lowest BCUT2D eigenvalue weighted by molar-refractivity contribution is 0.0673. The molecule has 1 saturated heterocycles. The van der Waals surface area contributed by atoms with Gasteiger partial charge in [-0.25, -0.2) is 4.98 Å². The van der Waals surface area contributed by atoms with Crippen LogP contribution in [0.5, 0.6) is 0 Å². The van der Waals surface area contributed by atoms with Crippen molar-refractivity contribution in [2.45, 2.75) is 12.8 Å². The molecule has 1 aliphatic heterocycles. The summed E-state index contributed by atoms with van der Waals surface area (Å²) in [6, 6.07) is 5.46. The van der Waals surface area contributed by atoms with Gasteiger partial charge < -0.3 is 15.5 Å². The summed E-state index contributed by atoms with van der Waals surface area (Å²) < 4.78 is 5.36. The Morgan fingerprint density at radius 2 is 2.17 bits per heavy atom. The lowest BCUT2D eigenvalue weighted by Crippen LogP contribution is -2.25. The van der Waals surface area contributed by atoms with E-state index in [0.29, 0.717) is 11.1 Å². The maximum atomic E-state index is 7.64. The molecule has 0 radical (unpaired) electrons. The number of hydrogen-bond acceptors (Lipinski definition) is 5. The van der Waals surface area contributed by atoms with Gasteiger partial charge in [-0.15, -0.1) is 0 Å². The molecule has 120 valence electrons. The molecule has 6 heteroatoms. The summed E-state index contributed by atoms with van der Waals surface area (Å²) in [6.45, 7) is 2.58. The molecule has 1 aliphatic rings. The first-order valence-corrected chi connectivity index (χ1v) is 8.08. The van der Waals surface area contributed by atoms with Crippen LogP contribution in [-0.2, 0) is 4.74 Å². The molecule has 5 nitrogen and oxygen atoms in total. The Bertz CT molecular complexity index is 726. The first-order chi connectivity index (χ1) is 11.3. The second-order valence-electron chi connectivity index (χ2n) is 5.60. The SMILES string of the molecule is N=C/C(=C\NCC1CCOCC1)c1cnc2ccc(Cl)nc2c1. The summed E-state index contributed by atoms with van der Waals surface area (Å²) in [5.74, 6) is 0.627. The molecule has 0 spiro atoms. The number of ether oxygens (including phenoxy) is 1. The Morgan fingerprint density at radius 1 is 1.35 bits per heavy atom. The number of nitrogens with one attached hydrogen (secondary N) is 2. The van der Waals surface area contributed by atoms with E-state index in [1.807, 2.05) is 18.3 Å². The van der Waals surface area contributed by atoms with Gasteiger partial charge >= 0.3 is 0 Å². The van der Waals surface area contributed by atoms with Crippen LogP contribution in [0, 0.1) is 11.3 Å². The number of halogens is 1. The quantitative estimate of drug-likeness (QED) is 0.652. The first-order valence-electron chi connectivity index (χ1n) is 7.71. The van der Waals surface area contributed by atoms with Crippen molar-refractivity contribution in [3.8, 4) is 0 Å². The summed E-state index contributed by atoms with van der Waals surface area (Å²) >= 11 is 5.93. The van der Waals surface area contributed by atoms with Gasteiger partial charge in [0.2, 0.25) is 0 Å². The van der Waals surface area contributed by atoms with Crippen LogP contribution in [0.2, 0.25) is 5.15 Å². The van der Waals surface area contributed by atoms with Crippen LogP contribution in [0.3, 0.4) is 0 Å². The molecule has 2 N–H and O–H groups in total. The van der Waals surface area contributed by atoms with Crippen LogP contribution >= 0.6 is 11.6 Å². The van der Waals surface area contributed by atoms with Crippen molar-refractivity contribution < 1.29 is 4.74 Å². The number of allylic oxidation sites excluding steroid dienone is 1. The van der Waals surface area contributed by atoms with Gasteiger partial charge in [-0.05, 0) is 37.0 Å². The third-order valence-corrected chi connectivity index (χ3v) is 4.21. The number of fused-ring (bicyclic) bond motifs is 1. The lowest BCUT2D eigenvalue weighted by Gasteiger charge is -2.21. The summed E-state index contributed by atoms with van der Waals surface area (Å²) in [6.07, 6.45) is 7.12. The fourth-order valence-corrected chi connectivity index (χ4v) is 2.79. The van der Waals surface area contributed by atoms with E-state index >= 15 is 0 Å². The van der Waals surface area contributed by atoms with Gasteiger partial charge in [-0.1, -0.05) is 11.6 Å². The zero-order valence-electron chi connectivity index (χ0n) is 12.8. The monoisotopic (exact) mass is 330 g/mol. The minimum absolute atomic E-state index is 0.439. The van der Waals surface area contributed by atoms with Crippen molar-refractivity contribution in [3.05, 3.63) is 41.3 Å². The van der Waals surface area contributed by atoms with E-state index in [1.54, 1.807) is 12.3 Å². The highest BCUT2D eigenvalue weighted by atomic mass is 35.5. The van der Waals surface area contributed by atoms with Gasteiger partial charge in [0.1, 0.15) is 5.15 Å². The number of hydrogen-bond donors (Lipinski definition) is 2. The molecule has 0 aromatic carbocycles. The van der Waals surface area contributed by atoms with Crippen LogP contribution in [0.25, 0.3) is 16.6 Å². The Balaban J connectivity index is 1.74. The van der Waals surface area contributed by atoms with Gasteiger partial charge in [0.15, 0.2) is 0 Å². The fourth-order valence-electron chi connectivity index (χ4n) is 2.63. The molecule has 3 rings (SSSR count). The maximum Gasteiger partial charge on any atom is 0.129 e. The molecule has 0 amide bonds. The topological polar surface area (TPSA) is 70.9 Å². The minimum atomic E-state index is 0.439. The highest BCUT2D eigenvalue weighted by Crippen LogP contribution is 2.19. The molecule has 0 bridgehead atoms. The Morgan fingerprint density at radius 3 is 2.96 bits per heavy atom. The fraction of sp³-hybridized carbons (Fsp3) is 0.353. The average molecular weight is 331 g/mol. The van der Waals surface area contributed by atoms with Crippen molar-refractivity contribution in [1.29, 1.82) is 5.41 Å². The third kappa shape index (κ3) is 4.06. The second-order valence-corrected chi connectivity index (χ2v) is 5.99. The van der Waals surface area contributed by atoms with Crippen LogP contribution in [-0.4, -0.2) is 35.9 Å². The van der Waals surface area contributed by atoms with Crippen molar-refractivity contribution >= 4 is 34.4 Å². The Hall–Kier alpha value is -1.98. The molecule has 2 aromatic heterocycles. The molecule has 1 fully saturated rings. The molecule has 23 heavy (non-hydrogen) atoms. The average Bonchev–Trinajstić information content (AvgIpc) is 2.59. The van der Waals surface area contributed by atoms with Crippen LogP contribution in [0.4, 0.5) is 0 Å². The maximum absolute atomic E-state index is 7.64. The molecule has 0 aliphatic carbocycles. The predicted molar refractivity (Wildman–Crippen MR) is 92.9 cm³/mol. The van der Waals surface area contributed by atoms with Crippen LogP contribution < -0.4 is 5.32 Å². The summed E-state index contributed by atoms with van der Waals surface area (Å²) in [7, 11) is 0. The van der Waals surface area contributed by atoms with Crippen molar-refractivity contribution in [1.82, 2.24) is 15.3 Å². The van der Waals surface area contributed by atoms with E-state index in [-0.39, 0.29) is 0 Å². The zero-order valence-corrected chi connectivity index (χ0v) is 13.5. The molecule has 0 unspecified atom stereocenters. The molecule has 2 aromatic rings.